The van der Waals surface area contributed by atoms with Gasteiger partial charge in [-0.15, -0.1) is 24.0 Å². The molecule has 0 aliphatic carbocycles. The summed E-state index contributed by atoms with van der Waals surface area (Å²) in [5, 5.41) is 6.78. The predicted molar refractivity (Wildman–Crippen MR) is 107 cm³/mol. The van der Waals surface area contributed by atoms with Gasteiger partial charge in [-0.25, -0.2) is 0 Å². The van der Waals surface area contributed by atoms with Crippen molar-refractivity contribution >= 4 is 29.9 Å². The van der Waals surface area contributed by atoms with Crippen molar-refractivity contribution in [2.24, 2.45) is 4.99 Å². The van der Waals surface area contributed by atoms with Crippen molar-refractivity contribution in [1.82, 2.24) is 15.5 Å². The number of hydrogen-bond donors (Lipinski definition) is 2. The molecular weight excluding hydrogens is 387 g/mol. The fourth-order valence-electron chi connectivity index (χ4n) is 1.96. The van der Waals surface area contributed by atoms with E-state index in [1.807, 2.05) is 7.05 Å². The zero-order valence-electron chi connectivity index (χ0n) is 14.5. The van der Waals surface area contributed by atoms with Gasteiger partial charge >= 0.3 is 0 Å². The minimum absolute atomic E-state index is 0. The fourth-order valence-corrected chi connectivity index (χ4v) is 1.96. The molecule has 0 fully saturated rings. The van der Waals surface area contributed by atoms with E-state index in [-0.39, 0.29) is 24.0 Å². The number of nitrogens with one attached hydrogen (secondary N) is 2. The first-order valence-electron chi connectivity index (χ1n) is 7.78. The van der Waals surface area contributed by atoms with Crippen LogP contribution in [0.15, 0.2) is 35.3 Å². The topological polar surface area (TPSA) is 39.7 Å². The Bertz CT molecular complexity index is 422. The van der Waals surface area contributed by atoms with Gasteiger partial charge in [0.1, 0.15) is 0 Å². The quantitative estimate of drug-likeness (QED) is 0.406. The second kappa shape index (κ2) is 11.7. The van der Waals surface area contributed by atoms with Crippen LogP contribution in [0, 0.1) is 0 Å². The highest BCUT2D eigenvalue weighted by Gasteiger charge is 2.11. The maximum Gasteiger partial charge on any atom is 0.191 e. The van der Waals surface area contributed by atoms with E-state index in [1.54, 1.807) is 0 Å². The monoisotopic (exact) mass is 418 g/mol. The van der Waals surface area contributed by atoms with Gasteiger partial charge < -0.3 is 10.6 Å². The second-order valence-electron chi connectivity index (χ2n) is 5.66. The summed E-state index contributed by atoms with van der Waals surface area (Å²) in [5.74, 6) is 0.879. The Morgan fingerprint density at radius 2 is 1.86 bits per heavy atom. The summed E-state index contributed by atoms with van der Waals surface area (Å²) in [6.45, 7) is 8.39. The molecule has 0 bridgehead atoms. The third-order valence-corrected chi connectivity index (χ3v) is 3.81. The van der Waals surface area contributed by atoms with Crippen LogP contribution < -0.4 is 10.6 Å². The number of halogens is 1. The van der Waals surface area contributed by atoms with Crippen LogP contribution >= 0.6 is 24.0 Å². The Morgan fingerprint density at radius 3 is 2.41 bits per heavy atom. The van der Waals surface area contributed by atoms with Crippen LogP contribution in [0.1, 0.15) is 32.8 Å². The van der Waals surface area contributed by atoms with E-state index in [4.69, 9.17) is 0 Å². The smallest absolute Gasteiger partial charge is 0.191 e. The highest BCUT2D eigenvalue weighted by atomic mass is 127. The zero-order chi connectivity index (χ0) is 15.7. The molecule has 1 rings (SSSR count). The summed E-state index contributed by atoms with van der Waals surface area (Å²) in [5.41, 5.74) is 1.34. The lowest BCUT2D eigenvalue weighted by Crippen LogP contribution is -2.47. The van der Waals surface area contributed by atoms with Gasteiger partial charge in [-0.2, -0.15) is 0 Å². The molecule has 0 heterocycles. The summed E-state index contributed by atoms with van der Waals surface area (Å²) in [4.78, 5) is 6.61. The first kappa shape index (κ1) is 21.2. The minimum Gasteiger partial charge on any atom is -0.355 e. The standard InChI is InChI=1S/C17H30N4.HI/c1-6-14(2)20-17(18-4)19-12-15(3)21(5)13-16-10-8-7-9-11-16;/h7-11,14-15H,6,12-13H2,1-5H3,(H2,18,19,20);1H. The summed E-state index contributed by atoms with van der Waals surface area (Å²) >= 11 is 0. The van der Waals surface area contributed by atoms with Crippen LogP contribution in [0.3, 0.4) is 0 Å². The van der Waals surface area contributed by atoms with E-state index in [0.29, 0.717) is 12.1 Å². The van der Waals surface area contributed by atoms with Crippen molar-refractivity contribution in [3.63, 3.8) is 0 Å². The van der Waals surface area contributed by atoms with Crippen LogP contribution in [0.25, 0.3) is 0 Å². The van der Waals surface area contributed by atoms with Gasteiger partial charge in [0.15, 0.2) is 5.96 Å². The van der Waals surface area contributed by atoms with Gasteiger partial charge in [0.05, 0.1) is 0 Å². The predicted octanol–water partition coefficient (Wildman–Crippen LogP) is 3.09. The SMILES string of the molecule is CCC(C)NC(=NC)NCC(C)N(C)Cc1ccccc1.I. The third-order valence-electron chi connectivity index (χ3n) is 3.81. The molecule has 2 N–H and O–H groups in total. The summed E-state index contributed by atoms with van der Waals surface area (Å²) in [6.07, 6.45) is 1.09. The van der Waals surface area contributed by atoms with Crippen molar-refractivity contribution in [3.8, 4) is 0 Å². The van der Waals surface area contributed by atoms with Gasteiger partial charge in [0, 0.05) is 32.2 Å². The Morgan fingerprint density at radius 1 is 1.23 bits per heavy atom. The third kappa shape index (κ3) is 7.98. The average Bonchev–Trinajstić information content (AvgIpc) is 2.51. The van der Waals surface area contributed by atoms with E-state index >= 15 is 0 Å². The first-order chi connectivity index (χ1) is 10.1. The van der Waals surface area contributed by atoms with Crippen molar-refractivity contribution in [2.45, 2.75) is 45.8 Å². The van der Waals surface area contributed by atoms with Crippen LogP contribution in [0.5, 0.6) is 0 Å². The van der Waals surface area contributed by atoms with Crippen molar-refractivity contribution < 1.29 is 0 Å². The van der Waals surface area contributed by atoms with Crippen molar-refractivity contribution in [2.75, 3.05) is 20.6 Å². The Balaban J connectivity index is 0.00000441. The van der Waals surface area contributed by atoms with Gasteiger partial charge in [-0.1, -0.05) is 37.3 Å². The lowest BCUT2D eigenvalue weighted by atomic mass is 10.2. The van der Waals surface area contributed by atoms with E-state index in [0.717, 1.165) is 25.5 Å². The molecule has 5 heteroatoms. The molecule has 126 valence electrons. The zero-order valence-corrected chi connectivity index (χ0v) is 16.8. The molecule has 0 spiro atoms. The average molecular weight is 418 g/mol. The van der Waals surface area contributed by atoms with Crippen LogP contribution in [-0.2, 0) is 6.54 Å². The second-order valence-corrected chi connectivity index (χ2v) is 5.66. The molecular formula is C17H31IN4. The van der Waals surface area contributed by atoms with Gasteiger partial charge in [0.2, 0.25) is 0 Å². The number of guanidine groups is 1. The number of nitrogens with zero attached hydrogens (tertiary/aromatic N) is 2. The molecule has 2 atom stereocenters. The lowest BCUT2D eigenvalue weighted by Gasteiger charge is -2.26. The highest BCUT2D eigenvalue weighted by molar-refractivity contribution is 14.0. The molecule has 1 aromatic carbocycles. The molecule has 0 amide bonds. The molecule has 4 nitrogen and oxygen atoms in total. The molecule has 2 unspecified atom stereocenters. The number of aliphatic imine (C=N–C) groups is 1. The molecule has 0 aliphatic heterocycles. The maximum atomic E-state index is 4.27. The van der Waals surface area contributed by atoms with E-state index in [1.165, 1.54) is 5.56 Å². The highest BCUT2D eigenvalue weighted by Crippen LogP contribution is 2.05. The molecule has 0 aromatic heterocycles. The van der Waals surface area contributed by atoms with Crippen molar-refractivity contribution in [3.05, 3.63) is 35.9 Å². The minimum atomic E-state index is 0. The summed E-state index contributed by atoms with van der Waals surface area (Å²) in [7, 11) is 3.97. The normalized spacial score (nSPS) is 14.2. The van der Waals surface area contributed by atoms with Crippen LogP contribution in [0.4, 0.5) is 0 Å². The van der Waals surface area contributed by atoms with Crippen LogP contribution in [-0.4, -0.2) is 43.6 Å². The molecule has 0 saturated heterocycles. The van der Waals surface area contributed by atoms with E-state index in [9.17, 15) is 0 Å². The number of benzene rings is 1. The Hall–Kier alpha value is -0.820. The van der Waals surface area contributed by atoms with E-state index < -0.39 is 0 Å². The first-order valence-corrected chi connectivity index (χ1v) is 7.78. The molecule has 0 radical (unpaired) electrons. The summed E-state index contributed by atoms with van der Waals surface area (Å²) < 4.78 is 0. The van der Waals surface area contributed by atoms with Gasteiger partial charge in [0.25, 0.3) is 0 Å². The Labute approximate surface area is 152 Å². The largest absolute Gasteiger partial charge is 0.355 e. The molecule has 22 heavy (non-hydrogen) atoms. The molecule has 0 saturated carbocycles. The number of likely N-dealkylation sites (N-methyl/N-ethyl adjacent to an activating group) is 1. The van der Waals surface area contributed by atoms with Gasteiger partial charge in [-0.05, 0) is 32.9 Å². The van der Waals surface area contributed by atoms with Crippen molar-refractivity contribution in [1.29, 1.82) is 0 Å². The summed E-state index contributed by atoms with van der Waals surface area (Å²) in [6, 6.07) is 11.4. The Kier molecular flexibility index (Phi) is 11.3. The van der Waals surface area contributed by atoms with E-state index in [2.05, 4.69) is 78.7 Å². The lowest BCUT2D eigenvalue weighted by molar-refractivity contribution is 0.249. The molecule has 1 aromatic rings. The van der Waals surface area contributed by atoms with Gasteiger partial charge in [-0.3, -0.25) is 9.89 Å². The maximum absolute atomic E-state index is 4.27. The number of hydrogen-bond acceptors (Lipinski definition) is 2. The number of rotatable bonds is 7. The van der Waals surface area contributed by atoms with Crippen LogP contribution in [0.2, 0.25) is 0 Å². The molecule has 0 aliphatic rings. The fraction of sp³-hybridized carbons (Fsp3) is 0.588.